The number of nitro benzene ring substituents is 1. The molecule has 0 saturated heterocycles. The maximum Gasteiger partial charge on any atom is 0.279 e. The number of nitro groups is 1. The van der Waals surface area contributed by atoms with Crippen LogP contribution in [0.5, 0.6) is 5.75 Å². The predicted molar refractivity (Wildman–Crippen MR) is 108 cm³/mol. The molecule has 0 radical (unpaired) electrons. The van der Waals surface area contributed by atoms with E-state index in [0.717, 1.165) is 27.3 Å². The Morgan fingerprint density at radius 3 is 2.55 bits per heavy atom. The monoisotopic (exact) mass is 400 g/mol. The van der Waals surface area contributed by atoms with E-state index in [4.69, 9.17) is 9.47 Å². The lowest BCUT2D eigenvalue weighted by Gasteiger charge is -2.22. The fraction of sp³-hybridized carbons (Fsp3) is 0.381. The normalized spacial score (nSPS) is 13.9. The van der Waals surface area contributed by atoms with Crippen LogP contribution in [0, 0.1) is 30.9 Å². The number of carbonyl (C=O) groups is 1. The molecule has 2 aromatic carbocycles. The third-order valence-electron chi connectivity index (χ3n) is 4.88. The third-order valence-corrected chi connectivity index (χ3v) is 4.88. The van der Waals surface area contributed by atoms with Gasteiger partial charge in [-0.05, 0) is 31.9 Å². The Balaban J connectivity index is 1.72. The van der Waals surface area contributed by atoms with Crippen LogP contribution in [0.3, 0.4) is 0 Å². The minimum absolute atomic E-state index is 0.00370. The summed E-state index contributed by atoms with van der Waals surface area (Å²) in [5.74, 6) is 0.507. The molecule has 1 atom stereocenters. The van der Waals surface area contributed by atoms with E-state index >= 15 is 0 Å². The molecule has 1 aliphatic heterocycles. The number of ether oxygens (including phenoxy) is 2. The molecule has 29 heavy (non-hydrogen) atoms. The SMILES string of the molecule is Cc1cc(C)c(NC(=O)C[NH+](C)Cc2cc([N+](=O)[O-])cc3c2OCOC3)c(C)c1. The molecule has 0 fully saturated rings. The number of nitrogens with one attached hydrogen (secondary N) is 2. The van der Waals surface area contributed by atoms with Crippen LogP contribution in [-0.2, 0) is 22.7 Å². The Hall–Kier alpha value is -2.97. The topological polar surface area (TPSA) is 95.1 Å². The highest BCUT2D eigenvalue weighted by atomic mass is 16.7. The number of rotatable bonds is 6. The lowest BCUT2D eigenvalue weighted by atomic mass is 10.0. The van der Waals surface area contributed by atoms with Gasteiger partial charge in [0.2, 0.25) is 0 Å². The molecule has 1 heterocycles. The Bertz CT molecular complexity index is 935. The third kappa shape index (κ3) is 4.90. The van der Waals surface area contributed by atoms with Crippen molar-refractivity contribution in [2.24, 2.45) is 0 Å². The summed E-state index contributed by atoms with van der Waals surface area (Å²) >= 11 is 0. The van der Waals surface area contributed by atoms with E-state index < -0.39 is 4.92 Å². The van der Waals surface area contributed by atoms with Crippen molar-refractivity contribution in [3.63, 3.8) is 0 Å². The second-order valence-corrected chi connectivity index (χ2v) is 7.59. The maximum atomic E-state index is 12.6. The Labute approximate surface area is 169 Å². The van der Waals surface area contributed by atoms with E-state index in [-0.39, 0.29) is 31.5 Å². The van der Waals surface area contributed by atoms with Crippen LogP contribution >= 0.6 is 0 Å². The summed E-state index contributed by atoms with van der Waals surface area (Å²) in [6.45, 7) is 7.00. The molecule has 0 aromatic heterocycles. The second kappa shape index (κ2) is 8.59. The highest BCUT2D eigenvalue weighted by molar-refractivity contribution is 5.93. The van der Waals surface area contributed by atoms with Crippen LogP contribution < -0.4 is 15.0 Å². The van der Waals surface area contributed by atoms with E-state index in [9.17, 15) is 14.9 Å². The number of benzene rings is 2. The van der Waals surface area contributed by atoms with Crippen molar-refractivity contribution in [3.8, 4) is 5.75 Å². The zero-order valence-corrected chi connectivity index (χ0v) is 17.1. The van der Waals surface area contributed by atoms with Crippen LogP contribution in [-0.4, -0.2) is 31.2 Å². The molecule has 0 aliphatic carbocycles. The molecule has 8 nitrogen and oxygen atoms in total. The number of hydrogen-bond donors (Lipinski definition) is 2. The molecule has 0 bridgehead atoms. The summed E-state index contributed by atoms with van der Waals surface area (Å²) < 4.78 is 10.8. The van der Waals surface area contributed by atoms with E-state index in [1.807, 2.05) is 40.0 Å². The Kier molecular flexibility index (Phi) is 6.14. The number of likely N-dealkylation sites (N-methyl/N-ethyl adjacent to an activating group) is 1. The van der Waals surface area contributed by atoms with Crippen molar-refractivity contribution in [3.05, 3.63) is 62.2 Å². The van der Waals surface area contributed by atoms with E-state index in [0.29, 0.717) is 23.4 Å². The number of carbonyl (C=O) groups excluding carboxylic acids is 1. The molecule has 2 N–H and O–H groups in total. The van der Waals surface area contributed by atoms with Gasteiger partial charge in [0.05, 0.1) is 24.1 Å². The van der Waals surface area contributed by atoms with Gasteiger partial charge in [-0.15, -0.1) is 0 Å². The van der Waals surface area contributed by atoms with Crippen LogP contribution in [0.2, 0.25) is 0 Å². The van der Waals surface area contributed by atoms with Gasteiger partial charge in [-0.2, -0.15) is 0 Å². The van der Waals surface area contributed by atoms with Crippen molar-refractivity contribution in [1.29, 1.82) is 0 Å². The first-order chi connectivity index (χ1) is 13.7. The van der Waals surface area contributed by atoms with Gasteiger partial charge in [0, 0.05) is 23.4 Å². The summed E-state index contributed by atoms with van der Waals surface area (Å²) in [5, 5.41) is 14.2. The first-order valence-electron chi connectivity index (χ1n) is 9.44. The van der Waals surface area contributed by atoms with Gasteiger partial charge in [-0.1, -0.05) is 17.7 Å². The van der Waals surface area contributed by atoms with E-state index in [1.165, 1.54) is 12.1 Å². The number of amides is 1. The first-order valence-corrected chi connectivity index (χ1v) is 9.44. The zero-order chi connectivity index (χ0) is 21.1. The van der Waals surface area contributed by atoms with Crippen molar-refractivity contribution in [2.75, 3.05) is 25.7 Å². The average Bonchev–Trinajstić information content (AvgIpc) is 2.64. The molecule has 0 spiro atoms. The number of non-ortho nitro benzene ring substituents is 1. The molecular formula is C21H26N3O5+. The summed E-state index contributed by atoms with van der Waals surface area (Å²) in [5.41, 5.74) is 5.39. The minimum atomic E-state index is -0.427. The fourth-order valence-electron chi connectivity index (χ4n) is 3.74. The summed E-state index contributed by atoms with van der Waals surface area (Å²) in [6, 6.07) is 7.06. The molecule has 1 unspecified atom stereocenters. The van der Waals surface area contributed by atoms with Crippen LogP contribution in [0.4, 0.5) is 11.4 Å². The Morgan fingerprint density at radius 2 is 1.90 bits per heavy atom. The molecule has 3 rings (SSSR count). The molecule has 1 aliphatic rings. The summed E-state index contributed by atoms with van der Waals surface area (Å²) in [7, 11) is 1.87. The van der Waals surface area contributed by atoms with Gasteiger partial charge in [-0.3, -0.25) is 14.9 Å². The zero-order valence-electron chi connectivity index (χ0n) is 17.1. The number of nitrogens with zero attached hydrogens (tertiary/aromatic N) is 1. The van der Waals surface area contributed by atoms with Crippen LogP contribution in [0.1, 0.15) is 27.8 Å². The molecule has 8 heteroatoms. The Morgan fingerprint density at radius 1 is 1.21 bits per heavy atom. The number of hydrogen-bond acceptors (Lipinski definition) is 5. The minimum Gasteiger partial charge on any atom is -0.467 e. The number of quaternary nitrogens is 1. The number of fused-ring (bicyclic) bond motifs is 1. The van der Waals surface area contributed by atoms with Gasteiger partial charge < -0.3 is 19.7 Å². The maximum absolute atomic E-state index is 12.6. The van der Waals surface area contributed by atoms with Crippen molar-refractivity contribution in [2.45, 2.75) is 33.9 Å². The standard InChI is InChI=1S/C21H25N3O5/c1-13-5-14(2)20(15(3)6-13)22-19(25)10-23(4)9-16-7-18(24(26)27)8-17-11-28-12-29-21(16)17/h5-8H,9-12H2,1-4H3,(H,22,25)/p+1. The lowest BCUT2D eigenvalue weighted by Crippen LogP contribution is -3.08. The highest BCUT2D eigenvalue weighted by Crippen LogP contribution is 2.32. The summed E-state index contributed by atoms with van der Waals surface area (Å²) in [4.78, 5) is 24.3. The number of anilines is 1. The molecule has 1 amide bonds. The quantitative estimate of drug-likeness (QED) is 0.572. The smallest absolute Gasteiger partial charge is 0.279 e. The molecule has 2 aromatic rings. The lowest BCUT2D eigenvalue weighted by molar-refractivity contribution is -0.885. The largest absolute Gasteiger partial charge is 0.467 e. The molecule has 154 valence electrons. The first kappa shape index (κ1) is 20.8. The van der Waals surface area contributed by atoms with Crippen LogP contribution in [0.25, 0.3) is 0 Å². The van der Waals surface area contributed by atoms with Crippen molar-refractivity contribution < 1.29 is 24.1 Å². The van der Waals surface area contributed by atoms with Gasteiger partial charge in [0.15, 0.2) is 13.3 Å². The van der Waals surface area contributed by atoms with Crippen molar-refractivity contribution >= 4 is 17.3 Å². The van der Waals surface area contributed by atoms with Gasteiger partial charge >= 0.3 is 0 Å². The van der Waals surface area contributed by atoms with Gasteiger partial charge in [0.1, 0.15) is 12.3 Å². The van der Waals surface area contributed by atoms with Crippen LogP contribution in [0.15, 0.2) is 24.3 Å². The van der Waals surface area contributed by atoms with Gasteiger partial charge in [-0.25, -0.2) is 0 Å². The average molecular weight is 400 g/mol. The molecule has 0 saturated carbocycles. The molecular weight excluding hydrogens is 374 g/mol. The predicted octanol–water partition coefficient (Wildman–Crippen LogP) is 2.04. The van der Waals surface area contributed by atoms with E-state index in [2.05, 4.69) is 5.32 Å². The second-order valence-electron chi connectivity index (χ2n) is 7.59. The fourth-order valence-corrected chi connectivity index (χ4v) is 3.74. The summed E-state index contributed by atoms with van der Waals surface area (Å²) in [6.07, 6.45) is 0. The van der Waals surface area contributed by atoms with Crippen molar-refractivity contribution in [1.82, 2.24) is 0 Å². The van der Waals surface area contributed by atoms with E-state index in [1.54, 1.807) is 0 Å². The van der Waals surface area contributed by atoms with Gasteiger partial charge in [0.25, 0.3) is 11.6 Å². The number of aryl methyl sites for hydroxylation is 3. The highest BCUT2D eigenvalue weighted by Gasteiger charge is 2.23.